The number of pyridine rings is 1. The van der Waals surface area contributed by atoms with Crippen LogP contribution in [0.4, 0.5) is 0 Å². The zero-order valence-corrected chi connectivity index (χ0v) is 20.7. The van der Waals surface area contributed by atoms with E-state index in [2.05, 4.69) is 17.1 Å². The van der Waals surface area contributed by atoms with Crippen LogP contribution in [0.15, 0.2) is 115 Å². The Morgan fingerprint density at radius 3 is 2.26 bits per heavy atom. The van der Waals surface area contributed by atoms with E-state index in [-0.39, 0.29) is 5.75 Å². The number of hydrogen-bond acceptors (Lipinski definition) is 4. The predicted octanol–water partition coefficient (Wildman–Crippen LogP) is 7.48. The lowest BCUT2D eigenvalue weighted by Crippen LogP contribution is -2.01. The molecule has 184 valence electrons. The number of rotatable bonds is 4. The third kappa shape index (κ3) is 3.64. The van der Waals surface area contributed by atoms with Gasteiger partial charge in [-0.15, -0.1) is 0 Å². The van der Waals surface area contributed by atoms with Gasteiger partial charge >= 0.3 is 0 Å². The minimum Gasteiger partial charge on any atom is -0.508 e. The fraction of sp³-hybridized carbons (Fsp3) is 0. The Morgan fingerprint density at radius 2 is 1.49 bits per heavy atom. The molecule has 0 amide bonds. The van der Waals surface area contributed by atoms with Gasteiger partial charge in [0.1, 0.15) is 17.5 Å². The van der Waals surface area contributed by atoms with Crippen molar-refractivity contribution in [3.8, 4) is 51.1 Å². The molecule has 7 aromatic rings. The van der Waals surface area contributed by atoms with Gasteiger partial charge in [0.2, 0.25) is 0 Å². The Labute approximate surface area is 224 Å². The van der Waals surface area contributed by atoms with E-state index in [1.54, 1.807) is 18.2 Å². The van der Waals surface area contributed by atoms with Crippen molar-refractivity contribution in [1.29, 1.82) is 5.26 Å². The van der Waals surface area contributed by atoms with Gasteiger partial charge in [-0.25, -0.2) is 9.67 Å². The highest BCUT2D eigenvalue weighted by Crippen LogP contribution is 2.43. The van der Waals surface area contributed by atoms with Crippen LogP contribution in [-0.4, -0.2) is 24.9 Å². The summed E-state index contributed by atoms with van der Waals surface area (Å²) in [4.78, 5) is 8.48. The molecule has 0 aliphatic heterocycles. The number of nitriles is 1. The van der Waals surface area contributed by atoms with E-state index in [1.807, 2.05) is 95.8 Å². The number of fused-ring (bicyclic) bond motifs is 2. The highest BCUT2D eigenvalue weighted by atomic mass is 16.3. The van der Waals surface area contributed by atoms with Crippen LogP contribution in [0.2, 0.25) is 0 Å². The summed E-state index contributed by atoms with van der Waals surface area (Å²) in [5.41, 5.74) is 7.28. The summed E-state index contributed by atoms with van der Waals surface area (Å²) in [5, 5.41) is 27.9. The quantitative estimate of drug-likeness (QED) is 0.260. The van der Waals surface area contributed by atoms with Gasteiger partial charge in [0, 0.05) is 33.8 Å². The number of aromatic nitrogens is 4. The largest absolute Gasteiger partial charge is 0.508 e. The van der Waals surface area contributed by atoms with Crippen molar-refractivity contribution in [3.63, 3.8) is 0 Å². The lowest BCUT2D eigenvalue weighted by atomic mass is 9.92. The second-order valence-corrected chi connectivity index (χ2v) is 9.28. The molecular weight excluding hydrogens is 482 g/mol. The van der Waals surface area contributed by atoms with Crippen molar-refractivity contribution in [2.75, 3.05) is 0 Å². The molecule has 6 nitrogen and oxygen atoms in total. The van der Waals surface area contributed by atoms with Gasteiger partial charge in [0.25, 0.3) is 0 Å². The van der Waals surface area contributed by atoms with Crippen molar-refractivity contribution in [3.05, 3.63) is 121 Å². The Morgan fingerprint density at radius 1 is 0.769 bits per heavy atom. The SMILES string of the molecule is N#Cc1c(-c2ccccc2)nc2c(c(-c3c[nH]c4ccccc34)nn2-c2ccccc2)c1-c1cccc(O)c1. The Kier molecular flexibility index (Phi) is 5.21. The monoisotopic (exact) mass is 503 g/mol. The van der Waals surface area contributed by atoms with Gasteiger partial charge in [-0.1, -0.05) is 78.9 Å². The van der Waals surface area contributed by atoms with Gasteiger partial charge in [-0.3, -0.25) is 0 Å². The summed E-state index contributed by atoms with van der Waals surface area (Å²) in [6, 6.07) is 37.1. The number of nitrogens with zero attached hydrogens (tertiary/aromatic N) is 4. The third-order valence-electron chi connectivity index (χ3n) is 6.95. The molecule has 6 heteroatoms. The number of phenolic OH excluding ortho intramolecular Hbond substituents is 1. The maximum absolute atomic E-state index is 10.6. The summed E-state index contributed by atoms with van der Waals surface area (Å²) in [7, 11) is 0. The van der Waals surface area contributed by atoms with E-state index < -0.39 is 0 Å². The highest BCUT2D eigenvalue weighted by molar-refractivity contribution is 6.10. The standard InChI is InChI=1S/C33H21N5O/c34-19-26-29(22-12-9-15-24(39)18-22)30-32(27-20-35-28-17-8-7-16-25(27)28)37-38(23-13-5-2-6-14-23)33(30)36-31(26)21-10-3-1-4-11-21/h1-18,20,35,39H. The van der Waals surface area contributed by atoms with Crippen molar-refractivity contribution >= 4 is 21.9 Å². The van der Waals surface area contributed by atoms with Crippen LogP contribution in [0.5, 0.6) is 5.75 Å². The molecule has 0 radical (unpaired) electrons. The Hall–Kier alpha value is -5.67. The fourth-order valence-corrected chi connectivity index (χ4v) is 5.22. The fourth-order valence-electron chi connectivity index (χ4n) is 5.22. The second kappa shape index (κ2) is 9.02. The molecule has 0 aliphatic rings. The van der Waals surface area contributed by atoms with E-state index >= 15 is 0 Å². The van der Waals surface area contributed by atoms with Crippen LogP contribution in [0.25, 0.3) is 61.3 Å². The Bertz CT molecular complexity index is 2030. The van der Waals surface area contributed by atoms with Crippen LogP contribution < -0.4 is 0 Å². The first-order valence-corrected chi connectivity index (χ1v) is 12.6. The molecule has 7 rings (SSSR count). The number of benzene rings is 4. The van der Waals surface area contributed by atoms with Gasteiger partial charge < -0.3 is 10.1 Å². The summed E-state index contributed by atoms with van der Waals surface area (Å²) < 4.78 is 1.84. The molecule has 0 unspecified atom stereocenters. The number of hydrogen-bond donors (Lipinski definition) is 2. The summed E-state index contributed by atoms with van der Waals surface area (Å²) in [6.45, 7) is 0. The average molecular weight is 504 g/mol. The molecule has 4 aromatic carbocycles. The highest BCUT2D eigenvalue weighted by Gasteiger charge is 2.26. The maximum atomic E-state index is 10.6. The Balaban J connectivity index is 1.70. The maximum Gasteiger partial charge on any atom is 0.164 e. The molecular formula is C33H21N5O. The lowest BCUT2D eigenvalue weighted by molar-refractivity contribution is 0.475. The molecule has 0 spiro atoms. The summed E-state index contributed by atoms with van der Waals surface area (Å²) in [6.07, 6.45) is 1.95. The third-order valence-corrected chi connectivity index (χ3v) is 6.95. The molecule has 0 saturated carbocycles. The molecule has 0 atom stereocenters. The second-order valence-electron chi connectivity index (χ2n) is 9.28. The number of phenols is 1. The van der Waals surface area contributed by atoms with E-state index in [9.17, 15) is 10.4 Å². The number of nitrogens with one attached hydrogen (secondary N) is 1. The van der Waals surface area contributed by atoms with Crippen molar-refractivity contribution in [2.45, 2.75) is 0 Å². The number of aromatic hydroxyl groups is 1. The number of H-pyrrole nitrogens is 1. The molecule has 3 aromatic heterocycles. The minimum atomic E-state index is 0.117. The van der Waals surface area contributed by atoms with E-state index in [1.165, 1.54) is 0 Å². The first-order chi connectivity index (χ1) is 19.2. The van der Waals surface area contributed by atoms with Gasteiger partial charge in [-0.2, -0.15) is 10.4 Å². The molecule has 3 heterocycles. The average Bonchev–Trinajstić information content (AvgIpc) is 3.58. The summed E-state index contributed by atoms with van der Waals surface area (Å²) in [5.74, 6) is 0.117. The molecule has 2 N–H and O–H groups in total. The molecule has 0 bridgehead atoms. The van der Waals surface area contributed by atoms with Crippen molar-refractivity contribution in [2.24, 2.45) is 0 Å². The van der Waals surface area contributed by atoms with Crippen LogP contribution >= 0.6 is 0 Å². The van der Waals surface area contributed by atoms with Gasteiger partial charge in [0.05, 0.1) is 22.3 Å². The zero-order valence-electron chi connectivity index (χ0n) is 20.7. The first kappa shape index (κ1) is 22.5. The van der Waals surface area contributed by atoms with Gasteiger partial charge in [0.15, 0.2) is 5.65 Å². The van der Waals surface area contributed by atoms with E-state index in [0.29, 0.717) is 33.7 Å². The molecule has 39 heavy (non-hydrogen) atoms. The van der Waals surface area contributed by atoms with Crippen LogP contribution in [-0.2, 0) is 0 Å². The molecule has 0 fully saturated rings. The van der Waals surface area contributed by atoms with Crippen molar-refractivity contribution < 1.29 is 5.11 Å². The number of para-hydroxylation sites is 2. The zero-order chi connectivity index (χ0) is 26.3. The van der Waals surface area contributed by atoms with E-state index in [4.69, 9.17) is 10.1 Å². The smallest absolute Gasteiger partial charge is 0.164 e. The van der Waals surface area contributed by atoms with Crippen LogP contribution in [0.1, 0.15) is 5.56 Å². The summed E-state index contributed by atoms with van der Waals surface area (Å²) >= 11 is 0. The number of aromatic amines is 1. The van der Waals surface area contributed by atoms with Crippen molar-refractivity contribution in [1.82, 2.24) is 19.7 Å². The minimum absolute atomic E-state index is 0.117. The lowest BCUT2D eigenvalue weighted by Gasteiger charge is -2.13. The molecule has 0 saturated heterocycles. The first-order valence-electron chi connectivity index (χ1n) is 12.6. The van der Waals surface area contributed by atoms with Crippen LogP contribution in [0.3, 0.4) is 0 Å². The van der Waals surface area contributed by atoms with Crippen LogP contribution in [0, 0.1) is 11.3 Å². The van der Waals surface area contributed by atoms with Gasteiger partial charge in [-0.05, 0) is 35.9 Å². The normalized spacial score (nSPS) is 11.2. The topological polar surface area (TPSA) is 90.5 Å². The predicted molar refractivity (Wildman–Crippen MR) is 153 cm³/mol. The van der Waals surface area contributed by atoms with E-state index in [0.717, 1.165) is 33.1 Å². The molecule has 0 aliphatic carbocycles.